The van der Waals surface area contributed by atoms with E-state index in [0.29, 0.717) is 12.1 Å². The van der Waals surface area contributed by atoms with Gasteiger partial charge < -0.3 is 5.43 Å². The third-order valence-corrected chi connectivity index (χ3v) is 3.31. The van der Waals surface area contributed by atoms with E-state index < -0.39 is 0 Å². The van der Waals surface area contributed by atoms with Gasteiger partial charge in [0, 0.05) is 23.0 Å². The van der Waals surface area contributed by atoms with Crippen molar-refractivity contribution in [2.45, 2.75) is 27.3 Å². The van der Waals surface area contributed by atoms with E-state index in [1.807, 2.05) is 36.7 Å². The van der Waals surface area contributed by atoms with Crippen LogP contribution in [-0.2, 0) is 6.54 Å². The van der Waals surface area contributed by atoms with Crippen LogP contribution in [0, 0.1) is 30.9 Å². The Morgan fingerprint density at radius 1 is 1.16 bits per heavy atom. The average Bonchev–Trinajstić information content (AvgIpc) is 2.68. The van der Waals surface area contributed by atoms with Gasteiger partial charge in [0.05, 0.1) is 11.5 Å². The van der Waals surface area contributed by atoms with Crippen LogP contribution in [0.1, 0.15) is 22.5 Å². The van der Waals surface area contributed by atoms with Crippen LogP contribution in [0.5, 0.6) is 0 Å². The first-order chi connectivity index (χ1) is 9.00. The number of nitro benzene ring substituents is 1. The molecule has 0 fully saturated rings. The molecule has 2 rings (SSSR count). The number of rotatable bonds is 4. The molecule has 1 heterocycles. The first-order valence-corrected chi connectivity index (χ1v) is 6.12. The molecule has 0 bridgehead atoms. The van der Waals surface area contributed by atoms with Crippen molar-refractivity contribution in [2.24, 2.45) is 0 Å². The van der Waals surface area contributed by atoms with Crippen LogP contribution in [-0.4, -0.2) is 9.60 Å². The number of aryl methyl sites for hydroxylation is 2. The molecule has 0 aliphatic carbocycles. The Hall–Kier alpha value is -2.30. The maximum absolute atomic E-state index is 10.9. The first kappa shape index (κ1) is 13.1. The number of aromatic nitrogens is 1. The molecule has 0 aliphatic heterocycles. The summed E-state index contributed by atoms with van der Waals surface area (Å²) in [5.41, 5.74) is 7.31. The van der Waals surface area contributed by atoms with Crippen molar-refractivity contribution in [3.63, 3.8) is 0 Å². The fourth-order valence-electron chi connectivity index (χ4n) is 2.14. The summed E-state index contributed by atoms with van der Waals surface area (Å²) in [7, 11) is 0. The summed E-state index contributed by atoms with van der Waals surface area (Å²) in [5, 5.41) is 10.9. The van der Waals surface area contributed by atoms with Gasteiger partial charge in [0.2, 0.25) is 0 Å². The van der Waals surface area contributed by atoms with Gasteiger partial charge in [-0.25, -0.2) is 0 Å². The zero-order valence-corrected chi connectivity index (χ0v) is 11.3. The molecule has 1 N–H and O–H groups in total. The van der Waals surface area contributed by atoms with Crippen LogP contribution >= 0.6 is 0 Å². The Morgan fingerprint density at radius 3 is 2.37 bits per heavy atom. The number of nitrogens with zero attached hydrogens (tertiary/aromatic N) is 2. The van der Waals surface area contributed by atoms with Gasteiger partial charge in [-0.1, -0.05) is 12.1 Å². The molecule has 19 heavy (non-hydrogen) atoms. The minimum atomic E-state index is -0.342. The van der Waals surface area contributed by atoms with Crippen molar-refractivity contribution in [3.05, 3.63) is 63.0 Å². The Labute approximate surface area is 112 Å². The van der Waals surface area contributed by atoms with Gasteiger partial charge in [0.25, 0.3) is 5.69 Å². The van der Waals surface area contributed by atoms with Crippen molar-refractivity contribution >= 4 is 5.69 Å². The lowest BCUT2D eigenvalue weighted by atomic mass is 10.1. The monoisotopic (exact) mass is 259 g/mol. The predicted molar refractivity (Wildman–Crippen MR) is 74.8 cm³/mol. The predicted octanol–water partition coefficient (Wildman–Crippen LogP) is 3.07. The highest BCUT2D eigenvalue weighted by molar-refractivity contribution is 5.44. The summed E-state index contributed by atoms with van der Waals surface area (Å²) in [5.74, 6) is 0. The highest BCUT2D eigenvalue weighted by Gasteiger charge is 2.13. The number of benzene rings is 1. The van der Waals surface area contributed by atoms with Crippen LogP contribution in [0.25, 0.3) is 0 Å². The molecule has 0 saturated heterocycles. The molecule has 0 aliphatic rings. The van der Waals surface area contributed by atoms with E-state index in [-0.39, 0.29) is 10.6 Å². The highest BCUT2D eigenvalue weighted by Crippen LogP contribution is 2.21. The van der Waals surface area contributed by atoms with Gasteiger partial charge in [-0.3, -0.25) is 14.8 Å². The summed E-state index contributed by atoms with van der Waals surface area (Å²) in [6.07, 6.45) is 0. The lowest BCUT2D eigenvalue weighted by molar-refractivity contribution is -0.385. The van der Waals surface area contributed by atoms with E-state index in [4.69, 9.17) is 0 Å². The molecule has 0 amide bonds. The molecule has 1 aromatic heterocycles. The molecule has 0 atom stereocenters. The standard InChI is InChI=1S/C14H17N3O2/c1-10-7-8-11(2)16(10)15-9-13-5-4-6-14(12(13)3)17(18)19/h4-8,15H,9H2,1-3H3. The van der Waals surface area contributed by atoms with Crippen molar-refractivity contribution < 1.29 is 4.92 Å². The van der Waals surface area contributed by atoms with Crippen molar-refractivity contribution in [1.29, 1.82) is 0 Å². The Kier molecular flexibility index (Phi) is 3.55. The van der Waals surface area contributed by atoms with E-state index in [2.05, 4.69) is 5.43 Å². The summed E-state index contributed by atoms with van der Waals surface area (Å²) in [6.45, 7) is 6.37. The molecule has 0 unspecified atom stereocenters. The number of nitrogens with one attached hydrogen (secondary N) is 1. The van der Waals surface area contributed by atoms with Crippen LogP contribution in [0.2, 0.25) is 0 Å². The molecular formula is C14H17N3O2. The Balaban J connectivity index is 2.21. The summed E-state index contributed by atoms with van der Waals surface area (Å²) in [4.78, 5) is 10.6. The third kappa shape index (κ3) is 2.59. The lowest BCUT2D eigenvalue weighted by Gasteiger charge is -2.14. The van der Waals surface area contributed by atoms with Crippen molar-refractivity contribution in [2.75, 3.05) is 5.43 Å². The smallest absolute Gasteiger partial charge is 0.272 e. The van der Waals surface area contributed by atoms with Gasteiger partial charge in [0.15, 0.2) is 0 Å². The molecule has 0 saturated carbocycles. The normalized spacial score (nSPS) is 10.5. The Bertz CT molecular complexity index is 598. The number of nitro groups is 1. The summed E-state index contributed by atoms with van der Waals surface area (Å²) in [6, 6.07) is 9.22. The molecule has 0 spiro atoms. The van der Waals surface area contributed by atoms with Gasteiger partial charge in [0.1, 0.15) is 0 Å². The second-order valence-corrected chi connectivity index (χ2v) is 4.60. The third-order valence-electron chi connectivity index (χ3n) is 3.31. The largest absolute Gasteiger partial charge is 0.322 e. The van der Waals surface area contributed by atoms with Crippen LogP contribution in [0.3, 0.4) is 0 Å². The molecule has 1 aromatic carbocycles. The summed E-state index contributed by atoms with van der Waals surface area (Å²) >= 11 is 0. The van der Waals surface area contributed by atoms with E-state index >= 15 is 0 Å². The maximum atomic E-state index is 10.9. The molecule has 5 heteroatoms. The van der Waals surface area contributed by atoms with E-state index in [1.165, 1.54) is 6.07 Å². The van der Waals surface area contributed by atoms with Gasteiger partial charge in [-0.05, 0) is 38.5 Å². The van der Waals surface area contributed by atoms with Crippen LogP contribution in [0.15, 0.2) is 30.3 Å². The first-order valence-electron chi connectivity index (χ1n) is 6.12. The Morgan fingerprint density at radius 2 is 1.79 bits per heavy atom. The molecule has 5 nitrogen and oxygen atoms in total. The topological polar surface area (TPSA) is 60.1 Å². The van der Waals surface area contributed by atoms with Crippen LogP contribution in [0.4, 0.5) is 5.69 Å². The van der Waals surface area contributed by atoms with E-state index in [0.717, 1.165) is 17.0 Å². The minimum Gasteiger partial charge on any atom is -0.322 e. The zero-order valence-electron chi connectivity index (χ0n) is 11.3. The SMILES string of the molecule is Cc1c(CNn2c(C)ccc2C)cccc1[N+](=O)[O-]. The fourth-order valence-corrected chi connectivity index (χ4v) is 2.14. The van der Waals surface area contributed by atoms with Crippen molar-refractivity contribution in [3.8, 4) is 0 Å². The average molecular weight is 259 g/mol. The molecular weight excluding hydrogens is 242 g/mol. The number of hydrogen-bond acceptors (Lipinski definition) is 3. The number of hydrogen-bond donors (Lipinski definition) is 1. The molecule has 100 valence electrons. The quantitative estimate of drug-likeness (QED) is 0.678. The van der Waals surface area contributed by atoms with Gasteiger partial charge in [-0.2, -0.15) is 0 Å². The van der Waals surface area contributed by atoms with E-state index in [9.17, 15) is 10.1 Å². The van der Waals surface area contributed by atoms with Crippen LogP contribution < -0.4 is 5.43 Å². The second-order valence-electron chi connectivity index (χ2n) is 4.60. The zero-order chi connectivity index (χ0) is 14.0. The molecule has 0 radical (unpaired) electrons. The lowest BCUT2D eigenvalue weighted by Crippen LogP contribution is -2.17. The summed E-state index contributed by atoms with van der Waals surface area (Å²) < 4.78 is 1.98. The van der Waals surface area contributed by atoms with E-state index in [1.54, 1.807) is 13.0 Å². The minimum absolute atomic E-state index is 0.167. The van der Waals surface area contributed by atoms with Gasteiger partial charge in [-0.15, -0.1) is 0 Å². The molecule has 2 aromatic rings. The maximum Gasteiger partial charge on any atom is 0.272 e. The van der Waals surface area contributed by atoms with Crippen molar-refractivity contribution in [1.82, 2.24) is 4.68 Å². The van der Waals surface area contributed by atoms with Gasteiger partial charge >= 0.3 is 0 Å². The fraction of sp³-hybridized carbons (Fsp3) is 0.286. The second kappa shape index (κ2) is 5.14. The highest BCUT2D eigenvalue weighted by atomic mass is 16.6.